The third-order valence-corrected chi connectivity index (χ3v) is 3.53. The fraction of sp³-hybridized carbons (Fsp3) is 0.471. The first kappa shape index (κ1) is 20.6. The highest BCUT2D eigenvalue weighted by atomic mass is 16.5. The van der Waals surface area contributed by atoms with Crippen molar-refractivity contribution in [3.05, 3.63) is 35.9 Å². The summed E-state index contributed by atoms with van der Waals surface area (Å²) in [6, 6.07) is 7.92. The van der Waals surface area contributed by atoms with E-state index in [9.17, 15) is 14.4 Å². The summed E-state index contributed by atoms with van der Waals surface area (Å²) < 4.78 is 14.0. The Morgan fingerprint density at radius 3 is 2.04 bits per heavy atom. The number of nitrogens with one attached hydrogen (secondary N) is 2. The van der Waals surface area contributed by atoms with Crippen LogP contribution in [0.3, 0.4) is 0 Å². The number of ether oxygens (including phenoxy) is 3. The van der Waals surface area contributed by atoms with Crippen molar-refractivity contribution in [1.29, 1.82) is 0 Å². The van der Waals surface area contributed by atoms with Gasteiger partial charge in [0.15, 0.2) is 0 Å². The minimum absolute atomic E-state index is 0.0796. The molecule has 0 aliphatic heterocycles. The summed E-state index contributed by atoms with van der Waals surface area (Å²) in [5, 5.41) is 5.91. The highest BCUT2D eigenvalue weighted by Gasteiger charge is 2.26. The zero-order valence-corrected chi connectivity index (χ0v) is 14.6. The number of carbonyl (C=O) groups excluding carboxylic acids is 3. The van der Waals surface area contributed by atoms with Crippen LogP contribution in [-0.2, 0) is 35.1 Å². The van der Waals surface area contributed by atoms with Gasteiger partial charge in [-0.25, -0.2) is 0 Å². The van der Waals surface area contributed by atoms with Crippen molar-refractivity contribution >= 4 is 17.9 Å². The van der Waals surface area contributed by atoms with Crippen LogP contribution >= 0.6 is 0 Å². The minimum Gasteiger partial charge on any atom is -0.469 e. The molecule has 0 heterocycles. The highest BCUT2D eigenvalue weighted by Crippen LogP contribution is 2.01. The maximum absolute atomic E-state index is 11.9. The lowest BCUT2D eigenvalue weighted by Gasteiger charge is -2.21. The molecule has 0 aliphatic rings. The smallest absolute Gasteiger partial charge is 0.324 e. The molecule has 0 aromatic heterocycles. The van der Waals surface area contributed by atoms with Gasteiger partial charge in [0, 0.05) is 13.1 Å². The van der Waals surface area contributed by atoms with Gasteiger partial charge in [0.1, 0.15) is 12.1 Å². The SMILES string of the molecule is COC(=O)CC(NCC(NCc1ccccc1)C(=O)OC)C(=O)OC. The Kier molecular flexibility index (Phi) is 9.20. The van der Waals surface area contributed by atoms with Crippen LogP contribution in [0.15, 0.2) is 30.3 Å². The molecule has 1 rings (SSSR count). The summed E-state index contributed by atoms with van der Waals surface area (Å²) >= 11 is 0. The number of esters is 3. The maximum Gasteiger partial charge on any atom is 0.324 e. The quantitative estimate of drug-likeness (QED) is 0.448. The lowest BCUT2D eigenvalue weighted by Crippen LogP contribution is -2.50. The highest BCUT2D eigenvalue weighted by molar-refractivity contribution is 5.82. The number of carbonyl (C=O) groups is 3. The average Bonchev–Trinajstić information content (AvgIpc) is 2.66. The zero-order chi connectivity index (χ0) is 18.7. The molecule has 138 valence electrons. The molecule has 0 amide bonds. The first-order valence-electron chi connectivity index (χ1n) is 7.75. The number of rotatable bonds is 10. The predicted molar refractivity (Wildman–Crippen MR) is 89.5 cm³/mol. The van der Waals surface area contributed by atoms with Crippen molar-refractivity contribution in [2.75, 3.05) is 27.9 Å². The van der Waals surface area contributed by atoms with Crippen LogP contribution in [0, 0.1) is 0 Å². The van der Waals surface area contributed by atoms with Crippen LogP contribution in [0.25, 0.3) is 0 Å². The van der Waals surface area contributed by atoms with Crippen LogP contribution in [0.1, 0.15) is 12.0 Å². The van der Waals surface area contributed by atoms with Crippen LogP contribution in [0.5, 0.6) is 0 Å². The van der Waals surface area contributed by atoms with Gasteiger partial charge < -0.3 is 19.5 Å². The Morgan fingerprint density at radius 1 is 0.880 bits per heavy atom. The van der Waals surface area contributed by atoms with Crippen molar-refractivity contribution in [1.82, 2.24) is 10.6 Å². The third kappa shape index (κ3) is 7.32. The molecule has 1 aromatic carbocycles. The van der Waals surface area contributed by atoms with E-state index in [1.54, 1.807) is 0 Å². The molecule has 1 aromatic rings. The van der Waals surface area contributed by atoms with E-state index < -0.39 is 30.0 Å². The maximum atomic E-state index is 11.9. The second-order valence-corrected chi connectivity index (χ2v) is 5.21. The largest absolute Gasteiger partial charge is 0.469 e. The van der Waals surface area contributed by atoms with Gasteiger partial charge in [-0.2, -0.15) is 0 Å². The average molecular weight is 352 g/mol. The molecule has 25 heavy (non-hydrogen) atoms. The van der Waals surface area contributed by atoms with Gasteiger partial charge in [0.2, 0.25) is 0 Å². The molecule has 0 fully saturated rings. The van der Waals surface area contributed by atoms with E-state index in [4.69, 9.17) is 4.74 Å². The van der Waals surface area contributed by atoms with Gasteiger partial charge >= 0.3 is 17.9 Å². The van der Waals surface area contributed by atoms with E-state index in [0.717, 1.165) is 5.56 Å². The predicted octanol–water partition coefficient (Wildman–Crippen LogP) is 0.0121. The van der Waals surface area contributed by atoms with E-state index >= 15 is 0 Å². The summed E-state index contributed by atoms with van der Waals surface area (Å²) in [6.45, 7) is 0.526. The van der Waals surface area contributed by atoms with E-state index in [-0.39, 0.29) is 13.0 Å². The standard InChI is InChI=1S/C17H24N2O6/c1-23-15(20)9-13(16(21)24-2)19-11-14(17(22)25-3)18-10-12-7-5-4-6-8-12/h4-8,13-14,18-19H,9-11H2,1-3H3. The molecule has 0 aliphatic carbocycles. The Hall–Kier alpha value is -2.45. The van der Waals surface area contributed by atoms with Crippen molar-refractivity contribution in [2.45, 2.75) is 25.0 Å². The van der Waals surface area contributed by atoms with Gasteiger partial charge in [-0.05, 0) is 5.56 Å². The molecule has 8 nitrogen and oxygen atoms in total. The number of benzene rings is 1. The fourth-order valence-corrected chi connectivity index (χ4v) is 2.11. The first-order chi connectivity index (χ1) is 12.0. The lowest BCUT2D eigenvalue weighted by molar-refractivity contribution is -0.150. The van der Waals surface area contributed by atoms with Gasteiger partial charge in [0.25, 0.3) is 0 Å². The molecule has 2 unspecified atom stereocenters. The number of methoxy groups -OCH3 is 3. The molecule has 8 heteroatoms. The van der Waals surface area contributed by atoms with Crippen molar-refractivity contribution in [3.8, 4) is 0 Å². The van der Waals surface area contributed by atoms with Gasteiger partial charge in [0.05, 0.1) is 27.8 Å². The molecule has 2 N–H and O–H groups in total. The summed E-state index contributed by atoms with van der Waals surface area (Å²) in [5.74, 6) is -1.66. The lowest BCUT2D eigenvalue weighted by atomic mass is 10.1. The topological polar surface area (TPSA) is 103 Å². The summed E-state index contributed by atoms with van der Waals surface area (Å²) in [4.78, 5) is 35.1. The zero-order valence-electron chi connectivity index (χ0n) is 14.6. The molecule has 0 radical (unpaired) electrons. The van der Waals surface area contributed by atoms with Crippen molar-refractivity contribution in [3.63, 3.8) is 0 Å². The fourth-order valence-electron chi connectivity index (χ4n) is 2.11. The Bertz CT molecular complexity index is 564. The van der Waals surface area contributed by atoms with Crippen LogP contribution < -0.4 is 10.6 Å². The second kappa shape index (κ2) is 11.2. The summed E-state index contributed by atoms with van der Waals surface area (Å²) in [6.07, 6.45) is -0.199. The van der Waals surface area contributed by atoms with Crippen molar-refractivity contribution < 1.29 is 28.6 Å². The van der Waals surface area contributed by atoms with E-state index in [2.05, 4.69) is 20.1 Å². The summed E-state index contributed by atoms with van der Waals surface area (Å²) in [7, 11) is 3.74. The van der Waals surface area contributed by atoms with Crippen LogP contribution in [0.2, 0.25) is 0 Å². The molecule has 0 bridgehead atoms. The van der Waals surface area contributed by atoms with Gasteiger partial charge in [-0.15, -0.1) is 0 Å². The molecular weight excluding hydrogens is 328 g/mol. The Morgan fingerprint density at radius 2 is 1.48 bits per heavy atom. The molecule has 2 atom stereocenters. The molecule has 0 saturated heterocycles. The van der Waals surface area contributed by atoms with E-state index in [1.807, 2.05) is 30.3 Å². The second-order valence-electron chi connectivity index (χ2n) is 5.21. The normalized spacial score (nSPS) is 12.8. The third-order valence-electron chi connectivity index (χ3n) is 3.53. The molecular formula is C17H24N2O6. The summed E-state index contributed by atoms with van der Waals surface area (Å²) in [5.41, 5.74) is 0.996. The number of hydrogen-bond donors (Lipinski definition) is 2. The van der Waals surface area contributed by atoms with Crippen LogP contribution in [-0.4, -0.2) is 57.9 Å². The Labute approximate surface area is 146 Å². The van der Waals surface area contributed by atoms with Crippen molar-refractivity contribution in [2.24, 2.45) is 0 Å². The molecule has 0 saturated carbocycles. The minimum atomic E-state index is -0.914. The first-order valence-corrected chi connectivity index (χ1v) is 7.75. The van der Waals surface area contributed by atoms with E-state index in [0.29, 0.717) is 6.54 Å². The van der Waals surface area contributed by atoms with Gasteiger partial charge in [-0.1, -0.05) is 30.3 Å². The van der Waals surface area contributed by atoms with Crippen LogP contribution in [0.4, 0.5) is 0 Å². The van der Waals surface area contributed by atoms with Gasteiger partial charge in [-0.3, -0.25) is 19.7 Å². The monoisotopic (exact) mass is 352 g/mol. The molecule has 0 spiro atoms. The Balaban J connectivity index is 2.67. The number of hydrogen-bond acceptors (Lipinski definition) is 8. The van der Waals surface area contributed by atoms with E-state index in [1.165, 1.54) is 21.3 Å².